The number of carbonyl (C=O) groups is 2. The van der Waals surface area contributed by atoms with E-state index in [0.717, 1.165) is 0 Å². The van der Waals surface area contributed by atoms with Crippen molar-refractivity contribution in [3.8, 4) is 0 Å². The van der Waals surface area contributed by atoms with Gasteiger partial charge in [0.25, 0.3) is 5.91 Å². The van der Waals surface area contributed by atoms with Gasteiger partial charge in [0.1, 0.15) is 11.3 Å². The van der Waals surface area contributed by atoms with Gasteiger partial charge in [0, 0.05) is 31.0 Å². The van der Waals surface area contributed by atoms with Crippen LogP contribution in [0.1, 0.15) is 20.8 Å². The summed E-state index contributed by atoms with van der Waals surface area (Å²) in [4.78, 5) is 29.0. The van der Waals surface area contributed by atoms with E-state index in [1.165, 1.54) is 12.0 Å². The zero-order valence-electron chi connectivity index (χ0n) is 10.7. The second kappa shape index (κ2) is 5.00. The van der Waals surface area contributed by atoms with Crippen LogP contribution in [0.5, 0.6) is 0 Å². The standard InChI is InChI=1S/C12H12BrN3O3/c1-15(2)11(17)9-6-16-5-8(13)7(12(18)19-3)4-10(16)14-9/h4-6H,1-3H3. The van der Waals surface area contributed by atoms with E-state index in [2.05, 4.69) is 25.7 Å². The van der Waals surface area contributed by atoms with Crippen LogP contribution in [-0.4, -0.2) is 47.4 Å². The van der Waals surface area contributed by atoms with Crippen LogP contribution in [0.3, 0.4) is 0 Å². The first-order valence-corrected chi connectivity index (χ1v) is 6.21. The number of amides is 1. The molecule has 19 heavy (non-hydrogen) atoms. The van der Waals surface area contributed by atoms with E-state index in [1.807, 2.05) is 0 Å². The highest BCUT2D eigenvalue weighted by Gasteiger charge is 2.16. The topological polar surface area (TPSA) is 63.9 Å². The Morgan fingerprint density at radius 2 is 2.05 bits per heavy atom. The molecular formula is C12H12BrN3O3. The van der Waals surface area contributed by atoms with Gasteiger partial charge in [0.15, 0.2) is 0 Å². The molecule has 7 heteroatoms. The predicted molar refractivity (Wildman–Crippen MR) is 72.2 cm³/mol. The molecule has 100 valence electrons. The van der Waals surface area contributed by atoms with E-state index < -0.39 is 5.97 Å². The summed E-state index contributed by atoms with van der Waals surface area (Å²) in [5.41, 5.74) is 1.19. The SMILES string of the molecule is COC(=O)c1cc2nc(C(=O)N(C)C)cn2cc1Br. The van der Waals surface area contributed by atoms with Gasteiger partial charge in [0.2, 0.25) is 0 Å². The Labute approximate surface area is 118 Å². The first kappa shape index (κ1) is 13.5. The molecule has 0 unspecified atom stereocenters. The molecule has 2 rings (SSSR count). The number of aromatic nitrogens is 2. The van der Waals surface area contributed by atoms with Gasteiger partial charge in [-0.2, -0.15) is 0 Å². The molecule has 0 N–H and O–H groups in total. The van der Waals surface area contributed by atoms with Crippen LogP contribution in [0.15, 0.2) is 22.9 Å². The van der Waals surface area contributed by atoms with E-state index in [0.29, 0.717) is 21.4 Å². The van der Waals surface area contributed by atoms with Gasteiger partial charge in [-0.15, -0.1) is 0 Å². The largest absolute Gasteiger partial charge is 0.465 e. The molecule has 0 aliphatic carbocycles. The number of carbonyl (C=O) groups excluding carboxylic acids is 2. The predicted octanol–water partition coefficient (Wildman–Crippen LogP) is 1.59. The third kappa shape index (κ3) is 2.46. The maximum Gasteiger partial charge on any atom is 0.339 e. The highest BCUT2D eigenvalue weighted by molar-refractivity contribution is 9.10. The van der Waals surface area contributed by atoms with Crippen molar-refractivity contribution in [2.75, 3.05) is 21.2 Å². The van der Waals surface area contributed by atoms with Gasteiger partial charge in [-0.05, 0) is 22.0 Å². The number of nitrogens with zero attached hydrogens (tertiary/aromatic N) is 3. The molecular weight excluding hydrogens is 314 g/mol. The lowest BCUT2D eigenvalue weighted by atomic mass is 10.3. The number of halogens is 1. The van der Waals surface area contributed by atoms with E-state index in [1.54, 1.807) is 37.0 Å². The Kier molecular flexibility index (Phi) is 3.57. The molecule has 2 aromatic heterocycles. The lowest BCUT2D eigenvalue weighted by Gasteiger charge is -2.06. The van der Waals surface area contributed by atoms with Gasteiger partial charge >= 0.3 is 5.97 Å². The molecule has 0 atom stereocenters. The van der Waals surface area contributed by atoms with Crippen molar-refractivity contribution < 1.29 is 14.3 Å². The minimum Gasteiger partial charge on any atom is -0.465 e. The number of fused-ring (bicyclic) bond motifs is 1. The molecule has 0 aromatic carbocycles. The molecule has 6 nitrogen and oxygen atoms in total. The summed E-state index contributed by atoms with van der Waals surface area (Å²) in [6, 6.07) is 1.57. The van der Waals surface area contributed by atoms with Crippen molar-refractivity contribution in [2.45, 2.75) is 0 Å². The highest BCUT2D eigenvalue weighted by Crippen LogP contribution is 2.20. The number of hydrogen-bond acceptors (Lipinski definition) is 4. The van der Waals surface area contributed by atoms with Crippen molar-refractivity contribution in [3.05, 3.63) is 34.2 Å². The lowest BCUT2D eigenvalue weighted by molar-refractivity contribution is 0.0599. The Morgan fingerprint density at radius 1 is 1.37 bits per heavy atom. The first-order chi connectivity index (χ1) is 8.93. The van der Waals surface area contributed by atoms with Crippen molar-refractivity contribution in [1.29, 1.82) is 0 Å². The van der Waals surface area contributed by atoms with E-state index in [9.17, 15) is 9.59 Å². The summed E-state index contributed by atoms with van der Waals surface area (Å²) in [6.07, 6.45) is 3.28. The molecule has 0 spiro atoms. The molecule has 0 aliphatic rings. The van der Waals surface area contributed by atoms with Crippen LogP contribution < -0.4 is 0 Å². The summed E-state index contributed by atoms with van der Waals surface area (Å²) >= 11 is 3.29. The number of imidazole rings is 1. The number of hydrogen-bond donors (Lipinski definition) is 0. The summed E-state index contributed by atoms with van der Waals surface area (Å²) < 4.78 is 6.93. The first-order valence-electron chi connectivity index (χ1n) is 5.42. The monoisotopic (exact) mass is 325 g/mol. The zero-order chi connectivity index (χ0) is 14.2. The number of methoxy groups -OCH3 is 1. The second-order valence-electron chi connectivity index (χ2n) is 4.12. The second-order valence-corrected chi connectivity index (χ2v) is 4.97. The molecule has 0 radical (unpaired) electrons. The normalized spacial score (nSPS) is 10.5. The zero-order valence-corrected chi connectivity index (χ0v) is 12.3. The molecule has 0 bridgehead atoms. The number of pyridine rings is 1. The fourth-order valence-electron chi connectivity index (χ4n) is 1.61. The van der Waals surface area contributed by atoms with Crippen LogP contribution in [-0.2, 0) is 4.74 Å². The molecule has 2 aromatic rings. The van der Waals surface area contributed by atoms with Crippen LogP contribution >= 0.6 is 15.9 Å². The van der Waals surface area contributed by atoms with Gasteiger partial charge in [0.05, 0.1) is 12.7 Å². The van der Waals surface area contributed by atoms with Crippen molar-refractivity contribution in [1.82, 2.24) is 14.3 Å². The minimum absolute atomic E-state index is 0.195. The van der Waals surface area contributed by atoms with Crippen LogP contribution in [0.4, 0.5) is 0 Å². The van der Waals surface area contributed by atoms with Crippen molar-refractivity contribution in [3.63, 3.8) is 0 Å². The van der Waals surface area contributed by atoms with Gasteiger partial charge < -0.3 is 14.0 Å². The Morgan fingerprint density at radius 3 is 2.63 bits per heavy atom. The Bertz CT molecular complexity index is 664. The molecule has 2 heterocycles. The smallest absolute Gasteiger partial charge is 0.339 e. The average molecular weight is 326 g/mol. The lowest BCUT2D eigenvalue weighted by Crippen LogP contribution is -2.21. The summed E-state index contributed by atoms with van der Waals surface area (Å²) in [5.74, 6) is -0.655. The molecule has 0 fully saturated rings. The van der Waals surface area contributed by atoms with E-state index in [-0.39, 0.29) is 5.91 Å². The number of esters is 1. The van der Waals surface area contributed by atoms with Crippen LogP contribution in [0, 0.1) is 0 Å². The highest BCUT2D eigenvalue weighted by atomic mass is 79.9. The minimum atomic E-state index is -0.460. The maximum atomic E-state index is 11.8. The summed E-state index contributed by atoms with van der Waals surface area (Å²) in [6.45, 7) is 0. The third-order valence-corrected chi connectivity index (χ3v) is 3.21. The van der Waals surface area contributed by atoms with E-state index in [4.69, 9.17) is 0 Å². The van der Waals surface area contributed by atoms with Gasteiger partial charge in [-0.1, -0.05) is 0 Å². The molecule has 1 amide bonds. The van der Waals surface area contributed by atoms with Crippen LogP contribution in [0.2, 0.25) is 0 Å². The maximum absolute atomic E-state index is 11.8. The molecule has 0 saturated carbocycles. The Balaban J connectivity index is 2.55. The third-order valence-electron chi connectivity index (χ3n) is 2.57. The van der Waals surface area contributed by atoms with E-state index >= 15 is 0 Å². The summed E-state index contributed by atoms with van der Waals surface area (Å²) in [7, 11) is 4.62. The van der Waals surface area contributed by atoms with Gasteiger partial charge in [-0.3, -0.25) is 4.79 Å². The van der Waals surface area contributed by atoms with Gasteiger partial charge in [-0.25, -0.2) is 9.78 Å². The quantitative estimate of drug-likeness (QED) is 0.786. The van der Waals surface area contributed by atoms with Crippen molar-refractivity contribution >= 4 is 33.5 Å². The number of rotatable bonds is 2. The number of ether oxygens (including phenoxy) is 1. The fourth-order valence-corrected chi connectivity index (χ4v) is 2.10. The summed E-state index contributed by atoms with van der Waals surface area (Å²) in [5, 5.41) is 0. The average Bonchev–Trinajstić information content (AvgIpc) is 2.78. The molecule has 0 saturated heterocycles. The fraction of sp³-hybridized carbons (Fsp3) is 0.250. The van der Waals surface area contributed by atoms with Crippen LogP contribution in [0.25, 0.3) is 5.65 Å². The van der Waals surface area contributed by atoms with Crippen molar-refractivity contribution in [2.24, 2.45) is 0 Å². The molecule has 0 aliphatic heterocycles. The Hall–Kier alpha value is -1.89.